The van der Waals surface area contributed by atoms with Gasteiger partial charge < -0.3 is 4.90 Å². The van der Waals surface area contributed by atoms with E-state index in [0.717, 1.165) is 22.8 Å². The number of carbonyl (C=O) groups excluding carboxylic acids is 1. The molecule has 1 aromatic carbocycles. The number of amides is 1. The van der Waals surface area contributed by atoms with Crippen molar-refractivity contribution in [3.05, 3.63) is 24.3 Å². The number of carbonyl (C=O) groups is 1. The molecule has 17 heavy (non-hydrogen) atoms. The molecule has 88 valence electrons. The van der Waals surface area contributed by atoms with Crippen LogP contribution in [-0.2, 0) is 4.79 Å². The van der Waals surface area contributed by atoms with Crippen LogP contribution in [0, 0.1) is 0 Å². The van der Waals surface area contributed by atoms with Gasteiger partial charge in [-0.05, 0) is 18.6 Å². The van der Waals surface area contributed by atoms with Gasteiger partial charge in [0.15, 0.2) is 4.34 Å². The molecule has 5 heteroatoms. The molecule has 1 amide bonds. The Balaban J connectivity index is 1.83. The van der Waals surface area contributed by atoms with E-state index in [-0.39, 0.29) is 11.2 Å². The lowest BCUT2D eigenvalue weighted by Crippen LogP contribution is -2.23. The van der Waals surface area contributed by atoms with Crippen molar-refractivity contribution in [3.8, 4) is 0 Å². The molecule has 0 spiro atoms. The van der Waals surface area contributed by atoms with Gasteiger partial charge in [-0.2, -0.15) is 0 Å². The number of hydrogen-bond acceptors (Lipinski definition) is 4. The van der Waals surface area contributed by atoms with Crippen LogP contribution in [0.4, 0.5) is 0 Å². The zero-order valence-electron chi connectivity index (χ0n) is 9.42. The molecule has 0 bridgehead atoms. The van der Waals surface area contributed by atoms with Crippen molar-refractivity contribution in [1.82, 2.24) is 9.88 Å². The number of rotatable bonds is 2. The number of thiazole rings is 1. The maximum absolute atomic E-state index is 11.8. The molecule has 1 aromatic heterocycles. The van der Waals surface area contributed by atoms with Gasteiger partial charge >= 0.3 is 0 Å². The summed E-state index contributed by atoms with van der Waals surface area (Å²) in [6, 6.07) is 8.09. The summed E-state index contributed by atoms with van der Waals surface area (Å²) in [5.41, 5.74) is 1.03. The number of benzene rings is 1. The number of nitrogens with zero attached hydrogens (tertiary/aromatic N) is 2. The van der Waals surface area contributed by atoms with Gasteiger partial charge in [-0.15, -0.1) is 11.3 Å². The van der Waals surface area contributed by atoms with E-state index in [1.54, 1.807) is 28.0 Å². The number of likely N-dealkylation sites (tertiary alicyclic amines) is 1. The third-order valence-electron chi connectivity index (χ3n) is 2.90. The Kier molecular flexibility index (Phi) is 2.80. The first-order valence-electron chi connectivity index (χ1n) is 5.51. The van der Waals surface area contributed by atoms with Crippen molar-refractivity contribution in [2.24, 2.45) is 0 Å². The number of hydrogen-bond donors (Lipinski definition) is 0. The smallest absolute Gasteiger partial charge is 0.235 e. The molecule has 0 saturated carbocycles. The van der Waals surface area contributed by atoms with Crippen LogP contribution in [0.15, 0.2) is 28.6 Å². The largest absolute Gasteiger partial charge is 0.345 e. The van der Waals surface area contributed by atoms with Crippen LogP contribution in [0.1, 0.15) is 6.42 Å². The topological polar surface area (TPSA) is 33.2 Å². The monoisotopic (exact) mass is 264 g/mol. The summed E-state index contributed by atoms with van der Waals surface area (Å²) in [6.07, 6.45) is 0.927. The summed E-state index contributed by atoms with van der Waals surface area (Å²) < 4.78 is 2.19. The van der Waals surface area contributed by atoms with E-state index in [9.17, 15) is 4.79 Å². The zero-order valence-corrected chi connectivity index (χ0v) is 11.1. The molecule has 1 fully saturated rings. The summed E-state index contributed by atoms with van der Waals surface area (Å²) in [4.78, 5) is 18.1. The quantitative estimate of drug-likeness (QED) is 0.836. The zero-order chi connectivity index (χ0) is 11.8. The van der Waals surface area contributed by atoms with Crippen LogP contribution in [0.5, 0.6) is 0 Å². The predicted molar refractivity (Wildman–Crippen MR) is 71.5 cm³/mol. The van der Waals surface area contributed by atoms with Crippen molar-refractivity contribution in [3.63, 3.8) is 0 Å². The van der Waals surface area contributed by atoms with Crippen LogP contribution >= 0.6 is 23.1 Å². The molecule has 3 nitrogen and oxygen atoms in total. The van der Waals surface area contributed by atoms with E-state index in [1.807, 2.05) is 25.2 Å². The standard InChI is InChI=1S/C12H12N2OS2/c1-14-7-6-10(11(14)15)17-12-13-8-4-2-3-5-9(8)16-12/h2-5,10H,6-7H2,1H3. The Hall–Kier alpha value is -1.07. The lowest BCUT2D eigenvalue weighted by molar-refractivity contribution is -0.126. The van der Waals surface area contributed by atoms with Crippen LogP contribution in [0.25, 0.3) is 10.2 Å². The first kappa shape index (κ1) is 11.0. The third kappa shape index (κ3) is 2.05. The molecule has 1 aliphatic rings. The van der Waals surface area contributed by atoms with Gasteiger partial charge in [0.05, 0.1) is 15.5 Å². The summed E-state index contributed by atoms with van der Waals surface area (Å²) in [7, 11) is 1.86. The van der Waals surface area contributed by atoms with Gasteiger partial charge in [0.2, 0.25) is 5.91 Å². The second-order valence-electron chi connectivity index (χ2n) is 4.10. The predicted octanol–water partition coefficient (Wildman–Crippen LogP) is 2.62. The highest BCUT2D eigenvalue weighted by Gasteiger charge is 2.30. The van der Waals surface area contributed by atoms with Crippen molar-refractivity contribution < 1.29 is 4.79 Å². The van der Waals surface area contributed by atoms with Crippen molar-refractivity contribution in [2.75, 3.05) is 13.6 Å². The van der Waals surface area contributed by atoms with Crippen LogP contribution in [-0.4, -0.2) is 34.6 Å². The van der Waals surface area contributed by atoms with E-state index >= 15 is 0 Å². The molecule has 0 N–H and O–H groups in total. The van der Waals surface area contributed by atoms with E-state index < -0.39 is 0 Å². The maximum atomic E-state index is 11.8. The Morgan fingerprint density at radius 2 is 2.29 bits per heavy atom. The summed E-state index contributed by atoms with van der Waals surface area (Å²) >= 11 is 3.27. The molecule has 1 unspecified atom stereocenters. The first-order valence-corrected chi connectivity index (χ1v) is 7.21. The highest BCUT2D eigenvalue weighted by Crippen LogP contribution is 2.35. The lowest BCUT2D eigenvalue weighted by atomic mass is 10.3. The minimum atomic E-state index is 0.0561. The average molecular weight is 264 g/mol. The Morgan fingerprint density at radius 1 is 1.47 bits per heavy atom. The maximum Gasteiger partial charge on any atom is 0.235 e. The van der Waals surface area contributed by atoms with Gasteiger partial charge in [-0.25, -0.2) is 4.98 Å². The molecule has 2 heterocycles. The van der Waals surface area contributed by atoms with Gasteiger partial charge in [-0.3, -0.25) is 4.79 Å². The van der Waals surface area contributed by atoms with E-state index in [2.05, 4.69) is 11.1 Å². The summed E-state index contributed by atoms with van der Waals surface area (Å²) in [5, 5.41) is 0.0561. The fraction of sp³-hybridized carbons (Fsp3) is 0.333. The molecule has 1 saturated heterocycles. The summed E-state index contributed by atoms with van der Waals surface area (Å²) in [6.45, 7) is 0.862. The lowest BCUT2D eigenvalue weighted by Gasteiger charge is -2.07. The molecule has 0 aliphatic carbocycles. The molecule has 0 radical (unpaired) electrons. The van der Waals surface area contributed by atoms with Gasteiger partial charge in [-0.1, -0.05) is 23.9 Å². The first-order chi connectivity index (χ1) is 8.24. The fourth-order valence-corrected chi connectivity index (χ4v) is 4.33. The van der Waals surface area contributed by atoms with Crippen LogP contribution < -0.4 is 0 Å². The Bertz CT molecular complexity index is 533. The SMILES string of the molecule is CN1CCC(Sc2nc3ccccc3s2)C1=O. The molecule has 1 atom stereocenters. The van der Waals surface area contributed by atoms with Gasteiger partial charge in [0.25, 0.3) is 0 Å². The Labute approximate surface area is 108 Å². The minimum absolute atomic E-state index is 0.0561. The molecule has 3 rings (SSSR count). The molecule has 2 aromatic rings. The van der Waals surface area contributed by atoms with Crippen LogP contribution in [0.2, 0.25) is 0 Å². The number of fused-ring (bicyclic) bond motifs is 1. The number of thioether (sulfide) groups is 1. The normalized spacial score (nSPS) is 20.4. The van der Waals surface area contributed by atoms with E-state index in [0.29, 0.717) is 0 Å². The third-order valence-corrected chi connectivity index (χ3v) is 5.28. The van der Waals surface area contributed by atoms with E-state index in [4.69, 9.17) is 0 Å². The van der Waals surface area contributed by atoms with Crippen LogP contribution in [0.3, 0.4) is 0 Å². The average Bonchev–Trinajstić information content (AvgIpc) is 2.87. The molecular formula is C12H12N2OS2. The Morgan fingerprint density at radius 3 is 3.00 bits per heavy atom. The van der Waals surface area contributed by atoms with E-state index in [1.165, 1.54) is 4.70 Å². The minimum Gasteiger partial charge on any atom is -0.345 e. The highest BCUT2D eigenvalue weighted by molar-refractivity contribution is 8.02. The van der Waals surface area contributed by atoms with Gasteiger partial charge in [0, 0.05) is 13.6 Å². The van der Waals surface area contributed by atoms with Gasteiger partial charge in [0.1, 0.15) is 0 Å². The highest BCUT2D eigenvalue weighted by atomic mass is 32.2. The van der Waals surface area contributed by atoms with Crippen molar-refractivity contribution >= 4 is 39.2 Å². The fourth-order valence-electron chi connectivity index (χ4n) is 1.92. The summed E-state index contributed by atoms with van der Waals surface area (Å²) in [5.74, 6) is 0.231. The molecular weight excluding hydrogens is 252 g/mol. The number of para-hydroxylation sites is 1. The molecule has 1 aliphatic heterocycles. The second-order valence-corrected chi connectivity index (χ2v) is 6.58. The van der Waals surface area contributed by atoms with Crippen molar-refractivity contribution in [2.45, 2.75) is 16.0 Å². The van der Waals surface area contributed by atoms with Crippen molar-refractivity contribution in [1.29, 1.82) is 0 Å². The number of aromatic nitrogens is 1. The second kappa shape index (κ2) is 4.31.